The van der Waals surface area contributed by atoms with Gasteiger partial charge in [-0.3, -0.25) is 9.69 Å². The molecule has 1 aliphatic rings. The van der Waals surface area contributed by atoms with E-state index >= 15 is 0 Å². The van der Waals surface area contributed by atoms with E-state index in [1.807, 2.05) is 24.3 Å². The van der Waals surface area contributed by atoms with Crippen molar-refractivity contribution in [2.24, 2.45) is 0 Å². The first-order chi connectivity index (χ1) is 13.1. The zero-order chi connectivity index (χ0) is 18.8. The average molecular weight is 405 g/mol. The van der Waals surface area contributed by atoms with Crippen LogP contribution in [0.5, 0.6) is 0 Å². The van der Waals surface area contributed by atoms with E-state index < -0.39 is 5.82 Å². The molecule has 0 saturated carbocycles. The highest BCUT2D eigenvalue weighted by molar-refractivity contribution is 7.22. The van der Waals surface area contributed by atoms with Gasteiger partial charge in [0.15, 0.2) is 5.13 Å². The van der Waals surface area contributed by atoms with Crippen molar-refractivity contribution in [3.8, 4) is 0 Å². The Morgan fingerprint density at radius 1 is 1.30 bits per heavy atom. The van der Waals surface area contributed by atoms with Crippen molar-refractivity contribution in [3.05, 3.63) is 58.9 Å². The number of hydrogen-bond donors (Lipinski definition) is 0. The van der Waals surface area contributed by atoms with Crippen molar-refractivity contribution < 1.29 is 13.9 Å². The van der Waals surface area contributed by atoms with E-state index in [2.05, 4.69) is 4.98 Å². The number of hydrogen-bond acceptors (Lipinski definition) is 4. The Hall–Kier alpha value is -2.02. The van der Waals surface area contributed by atoms with Crippen LogP contribution < -0.4 is 4.90 Å². The SMILES string of the molecule is O=C(Cc1c(F)cccc1Cl)N(C[C@H]1CCCO1)c1nc2ccccc2s1. The third kappa shape index (κ3) is 3.98. The molecular formula is C20H18ClFN2O2S. The Kier molecular flexibility index (Phi) is 5.38. The first kappa shape index (κ1) is 18.3. The van der Waals surface area contributed by atoms with Crippen molar-refractivity contribution >= 4 is 44.2 Å². The fourth-order valence-corrected chi connectivity index (χ4v) is 4.42. The lowest BCUT2D eigenvalue weighted by Gasteiger charge is -2.23. The normalized spacial score (nSPS) is 16.7. The van der Waals surface area contributed by atoms with Crippen molar-refractivity contribution in [2.45, 2.75) is 25.4 Å². The number of para-hydroxylation sites is 1. The highest BCUT2D eigenvalue weighted by Crippen LogP contribution is 2.31. The van der Waals surface area contributed by atoms with Crippen LogP contribution in [-0.4, -0.2) is 30.1 Å². The second kappa shape index (κ2) is 7.92. The van der Waals surface area contributed by atoms with E-state index in [1.165, 1.54) is 23.5 Å². The van der Waals surface area contributed by atoms with Crippen LogP contribution in [0.2, 0.25) is 5.02 Å². The van der Waals surface area contributed by atoms with Gasteiger partial charge >= 0.3 is 0 Å². The van der Waals surface area contributed by atoms with Crippen LogP contribution in [-0.2, 0) is 16.0 Å². The number of aromatic nitrogens is 1. The number of carbonyl (C=O) groups is 1. The number of thiazole rings is 1. The van der Waals surface area contributed by atoms with Crippen molar-refractivity contribution in [1.29, 1.82) is 0 Å². The van der Waals surface area contributed by atoms with Crippen LogP contribution in [0.25, 0.3) is 10.2 Å². The Bertz CT molecular complexity index is 918. The maximum absolute atomic E-state index is 14.2. The Labute approximate surface area is 165 Å². The minimum atomic E-state index is -0.475. The van der Waals surface area contributed by atoms with Gasteiger partial charge in [-0.1, -0.05) is 41.1 Å². The predicted octanol–water partition coefficient (Wildman–Crippen LogP) is 4.84. The number of nitrogens with zero attached hydrogens (tertiary/aromatic N) is 2. The van der Waals surface area contributed by atoms with Gasteiger partial charge < -0.3 is 4.74 Å². The number of carbonyl (C=O) groups excluding carboxylic acids is 1. The average Bonchev–Trinajstić information content (AvgIpc) is 3.31. The summed E-state index contributed by atoms with van der Waals surface area (Å²) >= 11 is 7.56. The Balaban J connectivity index is 1.65. The summed E-state index contributed by atoms with van der Waals surface area (Å²) in [5.74, 6) is -0.714. The molecule has 0 aliphatic carbocycles. The van der Waals surface area contributed by atoms with Crippen molar-refractivity contribution in [3.63, 3.8) is 0 Å². The summed E-state index contributed by atoms with van der Waals surface area (Å²) in [6.45, 7) is 1.11. The molecule has 140 valence electrons. The summed E-state index contributed by atoms with van der Waals surface area (Å²) in [7, 11) is 0. The van der Waals surface area contributed by atoms with Gasteiger partial charge in [0, 0.05) is 17.2 Å². The van der Waals surface area contributed by atoms with E-state index in [0.29, 0.717) is 18.3 Å². The van der Waals surface area contributed by atoms with Crippen LogP contribution in [0.15, 0.2) is 42.5 Å². The smallest absolute Gasteiger partial charge is 0.233 e. The Morgan fingerprint density at radius 3 is 2.89 bits per heavy atom. The molecule has 1 aliphatic heterocycles. The lowest BCUT2D eigenvalue weighted by molar-refractivity contribution is -0.118. The number of fused-ring (bicyclic) bond motifs is 1. The molecular weight excluding hydrogens is 387 g/mol. The second-order valence-electron chi connectivity index (χ2n) is 6.48. The van der Waals surface area contributed by atoms with Crippen LogP contribution >= 0.6 is 22.9 Å². The van der Waals surface area contributed by atoms with Gasteiger partial charge in [-0.25, -0.2) is 9.37 Å². The number of amides is 1. The van der Waals surface area contributed by atoms with E-state index in [-0.39, 0.29) is 29.0 Å². The molecule has 0 N–H and O–H groups in total. The zero-order valence-corrected chi connectivity index (χ0v) is 16.1. The molecule has 7 heteroatoms. The number of rotatable bonds is 5. The highest BCUT2D eigenvalue weighted by Gasteiger charge is 2.27. The van der Waals surface area contributed by atoms with Gasteiger partial charge in [0.05, 0.1) is 29.3 Å². The predicted molar refractivity (Wildman–Crippen MR) is 106 cm³/mol. The van der Waals surface area contributed by atoms with Gasteiger partial charge in [0.1, 0.15) is 5.82 Å². The fraction of sp³-hybridized carbons (Fsp3) is 0.300. The van der Waals surface area contributed by atoms with E-state index in [4.69, 9.17) is 16.3 Å². The van der Waals surface area contributed by atoms with Crippen LogP contribution in [0.1, 0.15) is 18.4 Å². The van der Waals surface area contributed by atoms with E-state index in [1.54, 1.807) is 11.0 Å². The van der Waals surface area contributed by atoms with Crippen LogP contribution in [0.4, 0.5) is 9.52 Å². The molecule has 0 radical (unpaired) electrons. The molecule has 1 saturated heterocycles. The summed E-state index contributed by atoms with van der Waals surface area (Å²) in [5, 5.41) is 0.855. The number of anilines is 1. The maximum Gasteiger partial charge on any atom is 0.233 e. The first-order valence-corrected chi connectivity index (χ1v) is 10.0. The number of halogens is 2. The lowest BCUT2D eigenvalue weighted by Crippen LogP contribution is -2.38. The molecule has 0 unspecified atom stereocenters. The zero-order valence-electron chi connectivity index (χ0n) is 14.5. The third-order valence-electron chi connectivity index (χ3n) is 4.61. The largest absolute Gasteiger partial charge is 0.376 e. The maximum atomic E-state index is 14.2. The topological polar surface area (TPSA) is 42.4 Å². The molecule has 0 spiro atoms. The van der Waals surface area contributed by atoms with Crippen LogP contribution in [0.3, 0.4) is 0 Å². The van der Waals surface area contributed by atoms with Crippen molar-refractivity contribution in [1.82, 2.24) is 4.98 Å². The molecule has 1 atom stereocenters. The van der Waals surface area contributed by atoms with E-state index in [0.717, 1.165) is 23.1 Å². The summed E-state index contributed by atoms with van der Waals surface area (Å²) in [6.07, 6.45) is 1.73. The van der Waals surface area contributed by atoms with Crippen LogP contribution in [0, 0.1) is 5.82 Å². The molecule has 3 aromatic rings. The number of ether oxygens (including phenoxy) is 1. The summed E-state index contributed by atoms with van der Waals surface area (Å²) in [5.41, 5.74) is 1.05. The van der Waals surface area contributed by atoms with Gasteiger partial charge in [0.25, 0.3) is 0 Å². The highest BCUT2D eigenvalue weighted by atomic mass is 35.5. The first-order valence-electron chi connectivity index (χ1n) is 8.82. The molecule has 1 amide bonds. The quantitative estimate of drug-likeness (QED) is 0.610. The second-order valence-corrected chi connectivity index (χ2v) is 7.90. The molecule has 1 aromatic heterocycles. The summed E-state index contributed by atoms with van der Waals surface area (Å²) in [4.78, 5) is 19.3. The van der Waals surface area contributed by atoms with Crippen molar-refractivity contribution in [2.75, 3.05) is 18.1 Å². The summed E-state index contributed by atoms with van der Waals surface area (Å²) in [6, 6.07) is 12.2. The molecule has 4 nitrogen and oxygen atoms in total. The monoisotopic (exact) mass is 404 g/mol. The minimum Gasteiger partial charge on any atom is -0.376 e. The fourth-order valence-electron chi connectivity index (χ4n) is 3.20. The lowest BCUT2D eigenvalue weighted by atomic mass is 10.1. The third-order valence-corrected chi connectivity index (χ3v) is 6.03. The Morgan fingerprint density at radius 2 is 2.15 bits per heavy atom. The van der Waals surface area contributed by atoms with Gasteiger partial charge in [-0.15, -0.1) is 0 Å². The molecule has 2 heterocycles. The summed E-state index contributed by atoms with van der Waals surface area (Å²) < 4.78 is 20.9. The molecule has 1 fully saturated rings. The molecule has 2 aromatic carbocycles. The van der Waals surface area contributed by atoms with Gasteiger partial charge in [0.2, 0.25) is 5.91 Å². The molecule has 27 heavy (non-hydrogen) atoms. The van der Waals surface area contributed by atoms with Gasteiger partial charge in [-0.2, -0.15) is 0 Å². The molecule has 0 bridgehead atoms. The number of benzene rings is 2. The minimum absolute atomic E-state index is 0.0305. The van der Waals surface area contributed by atoms with E-state index in [9.17, 15) is 9.18 Å². The van der Waals surface area contributed by atoms with Gasteiger partial charge in [-0.05, 0) is 37.1 Å². The standard InChI is InChI=1S/C20H18ClFN2O2S/c21-15-6-3-7-16(22)14(15)11-19(25)24(12-13-5-4-10-26-13)20-23-17-8-1-2-9-18(17)27-20/h1-3,6-9,13H,4-5,10-12H2/t13-/m1/s1. The molecule has 4 rings (SSSR count).